The molecule has 0 spiro atoms. The Balaban J connectivity index is 2.99. The van der Waals surface area contributed by atoms with Crippen LogP contribution in [0.2, 0.25) is 6.04 Å². The van der Waals surface area contributed by atoms with E-state index in [1.807, 2.05) is 0 Å². The average molecular weight is 132 g/mol. The maximum atomic E-state index is 10.4. The van der Waals surface area contributed by atoms with E-state index in [4.69, 9.17) is 0 Å². The van der Waals surface area contributed by atoms with Gasteiger partial charge in [0.25, 0.3) is 0 Å². The van der Waals surface area contributed by atoms with E-state index in [0.717, 1.165) is 6.42 Å². The quantitative estimate of drug-likeness (QED) is 0.390. The highest BCUT2D eigenvalue weighted by Crippen LogP contribution is 1.93. The summed E-state index contributed by atoms with van der Waals surface area (Å²) in [6, 6.07) is 1.19. The van der Waals surface area contributed by atoms with Gasteiger partial charge in [0.05, 0.1) is 7.11 Å². The van der Waals surface area contributed by atoms with Gasteiger partial charge in [-0.2, -0.15) is 0 Å². The van der Waals surface area contributed by atoms with E-state index in [9.17, 15) is 4.79 Å². The molecule has 0 rings (SSSR count). The number of carbonyl (C=O) groups is 1. The Hall–Kier alpha value is -0.313. The van der Waals surface area contributed by atoms with Crippen LogP contribution in [0.15, 0.2) is 0 Å². The van der Waals surface area contributed by atoms with E-state index in [1.165, 1.54) is 23.4 Å². The Bertz CT molecular complexity index is 72.8. The smallest absolute Gasteiger partial charge is 0.305 e. The van der Waals surface area contributed by atoms with Gasteiger partial charge in [-0.05, 0) is 6.42 Å². The third-order valence-electron chi connectivity index (χ3n) is 0.962. The van der Waals surface area contributed by atoms with Crippen molar-refractivity contribution in [3.8, 4) is 0 Å². The molecule has 0 radical (unpaired) electrons. The Morgan fingerprint density at radius 3 is 2.75 bits per heavy atom. The van der Waals surface area contributed by atoms with Gasteiger partial charge in [-0.25, -0.2) is 0 Å². The maximum absolute atomic E-state index is 10.4. The number of hydrogen-bond donors (Lipinski definition) is 0. The highest BCUT2D eigenvalue weighted by Gasteiger charge is 1.95. The number of carbonyl (C=O) groups excluding carboxylic acids is 1. The average Bonchev–Trinajstić information content (AvgIpc) is 1.83. The van der Waals surface area contributed by atoms with Crippen molar-refractivity contribution in [2.75, 3.05) is 7.11 Å². The fourth-order valence-corrected chi connectivity index (χ4v) is 0.777. The van der Waals surface area contributed by atoms with Crippen LogP contribution >= 0.6 is 0 Å². The lowest BCUT2D eigenvalue weighted by Gasteiger charge is -1.93. The molecule has 0 saturated carbocycles. The van der Waals surface area contributed by atoms with Crippen LogP contribution in [-0.2, 0) is 9.53 Å². The summed E-state index contributed by atoms with van der Waals surface area (Å²) in [6.45, 7) is 0. The lowest BCUT2D eigenvalue weighted by molar-refractivity contribution is -0.140. The van der Waals surface area contributed by atoms with E-state index in [0.29, 0.717) is 6.42 Å². The van der Waals surface area contributed by atoms with Crippen molar-refractivity contribution in [2.24, 2.45) is 0 Å². The molecule has 0 aliphatic heterocycles. The van der Waals surface area contributed by atoms with Crippen molar-refractivity contribution >= 4 is 16.2 Å². The van der Waals surface area contributed by atoms with E-state index in [-0.39, 0.29) is 5.97 Å². The largest absolute Gasteiger partial charge is 0.469 e. The van der Waals surface area contributed by atoms with Crippen LogP contribution in [0.5, 0.6) is 0 Å². The summed E-state index contributed by atoms with van der Waals surface area (Å²) in [7, 11) is 2.62. The SMILES string of the molecule is COC(=O)CCC[SiH3]. The number of methoxy groups -OCH3 is 1. The molecule has 0 amide bonds. The third kappa shape index (κ3) is 3.86. The third-order valence-corrected chi connectivity index (χ3v) is 1.67. The molecule has 0 aliphatic rings. The van der Waals surface area contributed by atoms with Gasteiger partial charge in [0.2, 0.25) is 0 Å². The predicted molar refractivity (Wildman–Crippen MR) is 36.0 cm³/mol. The van der Waals surface area contributed by atoms with Crippen LogP contribution in [0.1, 0.15) is 12.8 Å². The summed E-state index contributed by atoms with van der Waals surface area (Å²) >= 11 is 0. The molecule has 0 atom stereocenters. The summed E-state index contributed by atoms with van der Waals surface area (Å²) < 4.78 is 4.43. The van der Waals surface area contributed by atoms with Gasteiger partial charge in [0.15, 0.2) is 0 Å². The first kappa shape index (κ1) is 7.69. The highest BCUT2D eigenvalue weighted by molar-refractivity contribution is 6.08. The minimum atomic E-state index is -0.0825. The summed E-state index contributed by atoms with van der Waals surface area (Å²) in [4.78, 5) is 10.4. The van der Waals surface area contributed by atoms with Crippen LogP contribution in [0.3, 0.4) is 0 Å². The molecule has 48 valence electrons. The van der Waals surface area contributed by atoms with Gasteiger partial charge in [-0.1, -0.05) is 6.04 Å². The number of ether oxygens (including phenoxy) is 1. The standard InChI is InChI=1S/C5H12O2Si/c1-7-5(6)3-2-4-8/h2-4H2,1,8H3. The molecule has 0 saturated heterocycles. The van der Waals surface area contributed by atoms with Crippen LogP contribution in [0, 0.1) is 0 Å². The normalized spacial score (nSPS) is 9.12. The minimum absolute atomic E-state index is 0.0825. The van der Waals surface area contributed by atoms with Crippen molar-refractivity contribution in [1.82, 2.24) is 0 Å². The zero-order chi connectivity index (χ0) is 6.41. The summed E-state index contributed by atoms with van der Waals surface area (Å²) in [5.41, 5.74) is 0. The van der Waals surface area contributed by atoms with Crippen LogP contribution in [0.25, 0.3) is 0 Å². The summed E-state index contributed by atoms with van der Waals surface area (Å²) in [5, 5.41) is 0. The van der Waals surface area contributed by atoms with Crippen molar-refractivity contribution in [3.63, 3.8) is 0 Å². The molecule has 0 aliphatic carbocycles. The molecule has 0 aromatic heterocycles. The van der Waals surface area contributed by atoms with Crippen LogP contribution in [-0.4, -0.2) is 23.3 Å². The fourth-order valence-electron chi connectivity index (χ4n) is 0.423. The van der Waals surface area contributed by atoms with E-state index in [2.05, 4.69) is 4.74 Å². The second-order valence-corrected chi connectivity index (χ2v) is 2.68. The molecule has 0 heterocycles. The van der Waals surface area contributed by atoms with Crippen molar-refractivity contribution in [1.29, 1.82) is 0 Å². The minimum Gasteiger partial charge on any atom is -0.469 e. The lowest BCUT2D eigenvalue weighted by atomic mass is 10.3. The van der Waals surface area contributed by atoms with Gasteiger partial charge >= 0.3 is 5.97 Å². The molecule has 3 heteroatoms. The lowest BCUT2D eigenvalue weighted by Crippen LogP contribution is -1.98. The van der Waals surface area contributed by atoms with Gasteiger partial charge in [0.1, 0.15) is 0 Å². The molecular weight excluding hydrogens is 120 g/mol. The molecule has 0 bridgehead atoms. The number of rotatable bonds is 3. The Morgan fingerprint density at radius 2 is 2.38 bits per heavy atom. The molecule has 0 N–H and O–H groups in total. The molecule has 0 unspecified atom stereocenters. The van der Waals surface area contributed by atoms with Crippen molar-refractivity contribution in [2.45, 2.75) is 18.9 Å². The van der Waals surface area contributed by atoms with Gasteiger partial charge in [-0.15, -0.1) is 0 Å². The zero-order valence-corrected chi connectivity index (χ0v) is 7.44. The Kier molecular flexibility index (Phi) is 4.65. The molecule has 0 aromatic carbocycles. The monoisotopic (exact) mass is 132 g/mol. The first-order valence-electron chi connectivity index (χ1n) is 2.88. The van der Waals surface area contributed by atoms with Gasteiger partial charge < -0.3 is 4.74 Å². The van der Waals surface area contributed by atoms with E-state index >= 15 is 0 Å². The van der Waals surface area contributed by atoms with Gasteiger partial charge in [0, 0.05) is 16.7 Å². The zero-order valence-electron chi connectivity index (χ0n) is 5.44. The summed E-state index contributed by atoms with van der Waals surface area (Å²) in [6.07, 6.45) is 1.60. The Morgan fingerprint density at radius 1 is 1.75 bits per heavy atom. The predicted octanol–water partition coefficient (Wildman–Crippen LogP) is -0.277. The molecule has 8 heavy (non-hydrogen) atoms. The fraction of sp³-hybridized carbons (Fsp3) is 0.800. The molecule has 0 aromatic rings. The van der Waals surface area contributed by atoms with Crippen molar-refractivity contribution < 1.29 is 9.53 Å². The van der Waals surface area contributed by atoms with Crippen LogP contribution in [0.4, 0.5) is 0 Å². The second-order valence-electron chi connectivity index (χ2n) is 1.68. The van der Waals surface area contributed by atoms with Crippen LogP contribution < -0.4 is 0 Å². The number of hydrogen-bond acceptors (Lipinski definition) is 2. The summed E-state index contributed by atoms with van der Waals surface area (Å²) in [5.74, 6) is -0.0825. The first-order chi connectivity index (χ1) is 3.81. The van der Waals surface area contributed by atoms with E-state index in [1.54, 1.807) is 0 Å². The van der Waals surface area contributed by atoms with E-state index < -0.39 is 0 Å². The van der Waals surface area contributed by atoms with Crippen molar-refractivity contribution in [3.05, 3.63) is 0 Å². The Labute approximate surface area is 52.6 Å². The highest BCUT2D eigenvalue weighted by atomic mass is 28.1. The first-order valence-corrected chi connectivity index (χ1v) is 4.29. The molecular formula is C5H12O2Si. The second kappa shape index (κ2) is 4.84. The number of esters is 1. The molecule has 0 fully saturated rings. The molecule has 2 nitrogen and oxygen atoms in total. The topological polar surface area (TPSA) is 26.3 Å². The van der Waals surface area contributed by atoms with Gasteiger partial charge in [-0.3, -0.25) is 4.79 Å². The maximum Gasteiger partial charge on any atom is 0.305 e.